The van der Waals surface area contributed by atoms with E-state index in [-0.39, 0.29) is 101 Å². The molecule has 0 unspecified atom stereocenters. The number of carboxylic acids is 1. The number of hydrogen-bond acceptors (Lipinski definition) is 21. The third-order valence-corrected chi connectivity index (χ3v) is 22.1. The lowest BCUT2D eigenvalue weighted by atomic mass is 9.96. The summed E-state index contributed by atoms with van der Waals surface area (Å²) in [5.74, 6) is -17.5. The second-order valence-electron chi connectivity index (χ2n) is 34.7. The van der Waals surface area contributed by atoms with Gasteiger partial charge in [-0.2, -0.15) is 0 Å². The van der Waals surface area contributed by atoms with Gasteiger partial charge in [0.15, 0.2) is 0 Å². The van der Waals surface area contributed by atoms with E-state index < -0.39 is 211 Å². The molecule has 0 aliphatic heterocycles. The van der Waals surface area contributed by atoms with Gasteiger partial charge in [-0.05, 0) is 138 Å². The summed E-state index contributed by atoms with van der Waals surface area (Å²) >= 11 is 0. The SMILES string of the molecule is CCCCCCCCCCCCCC(=O)NCC(=O)N[C@@H](CC(N)=O)C(=O)N[C@H](C(=O)N[C@@H](Cc1ccccc1)C(=O)N[C@@H](C)C(=O)N[C@@H](CC(N)=O)C(=O)N[C@@H](CC(C)C)C(=O)N[C@@H](Cc1ccccc1)C(=O)N[C@@H](CCCCN)C(=O)NCC(=O)N[C@@H](CC(C)C)C(=O)N[C@@H](Cc1ccccc1)C(=O)NCC(=O)N[C@@H](CCCCN)C(=O)N[C@@H](CCCCN)C(=O)O)[C@@H](C)CC. The first-order valence-corrected chi connectivity index (χ1v) is 46.9. The van der Waals surface area contributed by atoms with Crippen molar-refractivity contribution < 1.29 is 91.4 Å². The average Bonchev–Trinajstić information content (AvgIpc) is 0.849. The molecule has 17 amide bonds. The number of amides is 17. The number of hydrogen-bond donors (Lipinski definition) is 21. The normalized spacial score (nSPS) is 14.1. The van der Waals surface area contributed by atoms with Crippen molar-refractivity contribution in [2.75, 3.05) is 39.3 Å². The van der Waals surface area contributed by atoms with E-state index in [4.69, 9.17) is 28.7 Å². The summed E-state index contributed by atoms with van der Waals surface area (Å²) in [5, 5.41) is 48.5. The number of nitrogens with one attached hydrogen (secondary N) is 15. The van der Waals surface area contributed by atoms with Crippen LogP contribution >= 0.6 is 0 Å². The van der Waals surface area contributed by atoms with Gasteiger partial charge in [-0.25, -0.2) is 4.79 Å². The molecule has 0 saturated carbocycles. The topological polar surface area (TPSA) is 638 Å². The smallest absolute Gasteiger partial charge is 0.326 e. The molecule has 740 valence electrons. The van der Waals surface area contributed by atoms with Crippen LogP contribution in [0.25, 0.3) is 0 Å². The zero-order valence-corrected chi connectivity index (χ0v) is 78.8. The predicted octanol–water partition coefficient (Wildman–Crippen LogP) is 0.962. The average molecular weight is 1860 g/mol. The Hall–Kier alpha value is -12.0. The van der Waals surface area contributed by atoms with E-state index in [1.165, 1.54) is 45.4 Å². The lowest BCUT2D eigenvalue weighted by Gasteiger charge is -2.29. The van der Waals surface area contributed by atoms with E-state index in [0.717, 1.165) is 25.7 Å². The lowest BCUT2D eigenvalue weighted by molar-refractivity contribution is -0.142. The summed E-state index contributed by atoms with van der Waals surface area (Å²) in [4.78, 5) is 248. The van der Waals surface area contributed by atoms with Crippen molar-refractivity contribution in [3.8, 4) is 0 Å². The largest absolute Gasteiger partial charge is 0.480 e. The molecule has 0 aromatic heterocycles. The molecule has 0 bridgehead atoms. The van der Waals surface area contributed by atoms with Crippen LogP contribution in [0.3, 0.4) is 0 Å². The highest BCUT2D eigenvalue weighted by molar-refractivity contribution is 6.01. The summed E-state index contributed by atoms with van der Waals surface area (Å²) < 4.78 is 0. The van der Waals surface area contributed by atoms with E-state index in [1.807, 2.05) is 0 Å². The number of rotatable bonds is 70. The van der Waals surface area contributed by atoms with Gasteiger partial charge in [-0.1, -0.05) is 210 Å². The maximum Gasteiger partial charge on any atom is 0.326 e. The van der Waals surface area contributed by atoms with Crippen molar-refractivity contribution in [3.05, 3.63) is 108 Å². The van der Waals surface area contributed by atoms with Crippen molar-refractivity contribution >= 4 is 106 Å². The van der Waals surface area contributed by atoms with Crippen molar-refractivity contribution in [2.24, 2.45) is 46.4 Å². The number of carboxylic acid groups (broad SMARTS) is 1. The Bertz CT molecular complexity index is 4150. The summed E-state index contributed by atoms with van der Waals surface area (Å²) in [5.41, 5.74) is 30.0. The highest BCUT2D eigenvalue weighted by Gasteiger charge is 2.38. The van der Waals surface area contributed by atoms with E-state index >= 15 is 0 Å². The minimum Gasteiger partial charge on any atom is -0.480 e. The van der Waals surface area contributed by atoms with E-state index in [9.17, 15) is 91.4 Å². The molecule has 39 heteroatoms. The molecule has 0 saturated heterocycles. The van der Waals surface area contributed by atoms with Crippen LogP contribution < -0.4 is 108 Å². The molecule has 0 aliphatic rings. The standard InChI is InChI=1S/C94H150N20O19/c1-9-11-12-13-14-15-16-17-18-19-29-45-78(117)100-56-79(118)106-74(54-76(98)115)92(130)114-82(61(7)10-2)93(131)113-72(52-64-38-25-21-26-39-64)87(125)103-62(8)83(121)109-75(55-77(99)116)91(129)110-70(50-60(5)6)89(127)112-73(53-65-40-27-22-28-41-65)90(128)107-66(42-30-33-46-95)84(122)101-58-81(120)105-69(49-59(3)4)88(126)111-71(51-63-36-23-20-24-37-63)85(123)102-57-80(119)104-67(43-31-34-47-96)86(124)108-68(94(132)133)44-32-35-48-97/h20-28,36-41,59-62,66-75,82H,9-19,29-35,42-58,95-97H2,1-8H3,(H2,98,115)(H2,99,116)(H,100,117)(H,101,122)(H,102,123)(H,103,125)(H,104,119)(H,105,120)(H,106,118)(H,107,128)(H,108,124)(H,109,121)(H,110,129)(H,111,126)(H,112,127)(H,113,131)(H,114,130)(H,132,133)/t61-,62-,66-,67-,68-,69-,70-,71-,72-,73-,74-,75-,82-/m0/s1. The van der Waals surface area contributed by atoms with Crippen LogP contribution in [0.15, 0.2) is 91.0 Å². The molecular weight excluding hydrogens is 1710 g/mol. The van der Waals surface area contributed by atoms with E-state index in [2.05, 4.69) is 86.7 Å². The number of carbonyl (C=O) groups is 18. The van der Waals surface area contributed by atoms with Crippen molar-refractivity contribution in [1.82, 2.24) is 79.8 Å². The molecule has 39 nitrogen and oxygen atoms in total. The molecule has 3 aromatic rings. The molecule has 0 radical (unpaired) electrons. The molecule has 13 atom stereocenters. The van der Waals surface area contributed by atoms with Crippen molar-refractivity contribution in [2.45, 2.75) is 314 Å². The van der Waals surface area contributed by atoms with Crippen LogP contribution in [0.4, 0.5) is 0 Å². The molecule has 0 fully saturated rings. The van der Waals surface area contributed by atoms with Gasteiger partial charge in [-0.15, -0.1) is 0 Å². The quantitative estimate of drug-likeness (QED) is 0.0350. The van der Waals surface area contributed by atoms with Crippen LogP contribution in [0.1, 0.15) is 239 Å². The zero-order valence-electron chi connectivity index (χ0n) is 78.8. The molecule has 0 aliphatic carbocycles. The molecule has 133 heavy (non-hydrogen) atoms. The fourth-order valence-electron chi connectivity index (χ4n) is 14.5. The zero-order chi connectivity index (χ0) is 98.7. The third kappa shape index (κ3) is 48.8. The molecule has 3 aromatic carbocycles. The number of nitrogens with two attached hydrogens (primary N) is 5. The van der Waals surface area contributed by atoms with Gasteiger partial charge < -0.3 is 114 Å². The maximum atomic E-state index is 14.8. The Labute approximate surface area is 781 Å². The molecular formula is C94H150N20O19. The summed E-state index contributed by atoms with van der Waals surface area (Å²) in [6.07, 6.45) is 13.0. The lowest BCUT2D eigenvalue weighted by Crippen LogP contribution is -2.61. The van der Waals surface area contributed by atoms with Crippen LogP contribution in [0.2, 0.25) is 0 Å². The second kappa shape index (κ2) is 65.6. The first-order chi connectivity index (χ1) is 63.4. The van der Waals surface area contributed by atoms with Gasteiger partial charge >= 0.3 is 5.97 Å². The number of benzene rings is 3. The first kappa shape index (κ1) is 115. The van der Waals surface area contributed by atoms with Gasteiger partial charge in [0, 0.05) is 25.7 Å². The minimum atomic E-state index is -1.80. The first-order valence-electron chi connectivity index (χ1n) is 46.9. The highest BCUT2D eigenvalue weighted by Crippen LogP contribution is 2.18. The van der Waals surface area contributed by atoms with Crippen LogP contribution in [-0.2, 0) is 106 Å². The Morgan fingerprint density at radius 3 is 1.03 bits per heavy atom. The Morgan fingerprint density at radius 2 is 0.609 bits per heavy atom. The van der Waals surface area contributed by atoms with Crippen LogP contribution in [-0.4, -0.2) is 223 Å². The molecule has 3 rings (SSSR count). The number of carbonyl (C=O) groups excluding carboxylic acids is 17. The van der Waals surface area contributed by atoms with Crippen LogP contribution in [0.5, 0.6) is 0 Å². The van der Waals surface area contributed by atoms with Crippen molar-refractivity contribution in [1.29, 1.82) is 0 Å². The number of unbranched alkanes of at least 4 members (excludes halogenated alkanes) is 13. The number of aliphatic carboxylic acids is 1. The van der Waals surface area contributed by atoms with Crippen molar-refractivity contribution in [3.63, 3.8) is 0 Å². The monoisotopic (exact) mass is 1860 g/mol. The summed E-state index contributed by atoms with van der Waals surface area (Å²) in [6, 6.07) is 8.07. The molecule has 0 heterocycles. The second-order valence-corrected chi connectivity index (χ2v) is 34.7. The fraction of sp³-hybridized carbons (Fsp3) is 0.617. The van der Waals surface area contributed by atoms with Crippen LogP contribution in [0, 0.1) is 17.8 Å². The van der Waals surface area contributed by atoms with E-state index in [1.54, 1.807) is 133 Å². The summed E-state index contributed by atoms with van der Waals surface area (Å²) in [7, 11) is 0. The van der Waals surface area contributed by atoms with Gasteiger partial charge in [-0.3, -0.25) is 81.5 Å². The predicted molar refractivity (Wildman–Crippen MR) is 502 cm³/mol. The third-order valence-electron chi connectivity index (χ3n) is 22.1. The maximum absolute atomic E-state index is 14.8. The Morgan fingerprint density at radius 1 is 0.301 bits per heavy atom. The fourth-order valence-corrected chi connectivity index (χ4v) is 14.5. The molecule has 26 N–H and O–H groups in total. The Balaban J connectivity index is 1.83. The van der Waals surface area contributed by atoms with E-state index in [0.29, 0.717) is 61.8 Å². The van der Waals surface area contributed by atoms with Gasteiger partial charge in [0.1, 0.15) is 72.5 Å². The van der Waals surface area contributed by atoms with Gasteiger partial charge in [0.2, 0.25) is 100 Å². The minimum absolute atomic E-state index is 0.0224. The number of primary amides is 2. The molecule has 0 spiro atoms. The Kier molecular flexibility index (Phi) is 56.8. The van der Waals surface area contributed by atoms with Gasteiger partial charge in [0.05, 0.1) is 32.5 Å². The summed E-state index contributed by atoms with van der Waals surface area (Å²) in [6.45, 7) is 12.6. The highest BCUT2D eigenvalue weighted by atomic mass is 16.4. The van der Waals surface area contributed by atoms with Gasteiger partial charge in [0.25, 0.3) is 0 Å².